The van der Waals surface area contributed by atoms with Gasteiger partial charge in [-0.2, -0.15) is 0 Å². The fourth-order valence-electron chi connectivity index (χ4n) is 1.43. The standard InChI is InChI=1S/C12H20N2O2S/c1-5-8(15)11-9(13)10(16-7(3)4)12(17-11)14-6-2/h7,14H,5-6,13H2,1-4H3. The van der Waals surface area contributed by atoms with Crippen LogP contribution in [0.15, 0.2) is 0 Å². The van der Waals surface area contributed by atoms with Crippen molar-refractivity contribution in [1.82, 2.24) is 0 Å². The van der Waals surface area contributed by atoms with E-state index in [1.165, 1.54) is 11.3 Å². The summed E-state index contributed by atoms with van der Waals surface area (Å²) >= 11 is 1.37. The average Bonchev–Trinajstić information content (AvgIpc) is 2.57. The molecule has 0 bridgehead atoms. The lowest BCUT2D eigenvalue weighted by Crippen LogP contribution is -2.09. The smallest absolute Gasteiger partial charge is 0.177 e. The number of ketones is 1. The lowest BCUT2D eigenvalue weighted by Gasteiger charge is -2.11. The third-order valence-electron chi connectivity index (χ3n) is 2.16. The van der Waals surface area contributed by atoms with Crippen molar-refractivity contribution in [2.24, 2.45) is 0 Å². The Hall–Kier alpha value is -1.23. The Bertz CT molecular complexity index is 399. The van der Waals surface area contributed by atoms with Crippen LogP contribution in [0.25, 0.3) is 0 Å². The van der Waals surface area contributed by atoms with E-state index in [1.54, 1.807) is 0 Å². The van der Waals surface area contributed by atoms with Gasteiger partial charge in [0.2, 0.25) is 0 Å². The molecule has 1 rings (SSSR count). The number of thiophene rings is 1. The largest absolute Gasteiger partial charge is 0.486 e. The number of rotatable bonds is 6. The van der Waals surface area contributed by atoms with E-state index >= 15 is 0 Å². The number of nitrogens with two attached hydrogens (primary N) is 1. The molecule has 0 aliphatic heterocycles. The van der Waals surface area contributed by atoms with Gasteiger partial charge in [0, 0.05) is 13.0 Å². The number of carbonyl (C=O) groups excluding carboxylic acids is 1. The van der Waals surface area contributed by atoms with E-state index in [9.17, 15) is 4.79 Å². The van der Waals surface area contributed by atoms with Gasteiger partial charge in [-0.15, -0.1) is 11.3 Å². The fourth-order valence-corrected chi connectivity index (χ4v) is 2.56. The average molecular weight is 256 g/mol. The summed E-state index contributed by atoms with van der Waals surface area (Å²) in [5.74, 6) is 0.675. The Kier molecular flexibility index (Phi) is 4.81. The first-order valence-corrected chi connectivity index (χ1v) is 6.68. The van der Waals surface area contributed by atoms with Gasteiger partial charge in [-0.1, -0.05) is 6.92 Å². The Morgan fingerprint density at radius 2 is 2.12 bits per heavy atom. The van der Waals surface area contributed by atoms with Gasteiger partial charge in [0.15, 0.2) is 11.5 Å². The van der Waals surface area contributed by atoms with Gasteiger partial charge in [0.1, 0.15) is 5.00 Å². The monoisotopic (exact) mass is 256 g/mol. The molecule has 1 heterocycles. The minimum absolute atomic E-state index is 0.0360. The Labute approximate surface area is 106 Å². The van der Waals surface area contributed by atoms with E-state index in [4.69, 9.17) is 10.5 Å². The summed E-state index contributed by atoms with van der Waals surface area (Å²) in [6, 6.07) is 0. The maximum absolute atomic E-state index is 11.7. The Balaban J connectivity index is 3.15. The van der Waals surface area contributed by atoms with Crippen molar-refractivity contribution in [3.8, 4) is 5.75 Å². The highest BCUT2D eigenvalue weighted by atomic mass is 32.1. The minimum atomic E-state index is 0.0360. The molecule has 0 atom stereocenters. The third kappa shape index (κ3) is 3.12. The molecule has 0 amide bonds. The van der Waals surface area contributed by atoms with Gasteiger partial charge in [0.25, 0.3) is 0 Å². The quantitative estimate of drug-likeness (QED) is 0.767. The Morgan fingerprint density at radius 1 is 1.47 bits per heavy atom. The second-order valence-corrected chi connectivity index (χ2v) is 5.00. The van der Waals surface area contributed by atoms with E-state index in [0.29, 0.717) is 22.7 Å². The molecule has 0 radical (unpaired) electrons. The number of carbonyl (C=O) groups is 1. The van der Waals surface area contributed by atoms with Crippen molar-refractivity contribution in [3.63, 3.8) is 0 Å². The highest BCUT2D eigenvalue weighted by Gasteiger charge is 2.21. The highest BCUT2D eigenvalue weighted by molar-refractivity contribution is 7.19. The minimum Gasteiger partial charge on any atom is -0.486 e. The van der Waals surface area contributed by atoms with Crippen LogP contribution in [0.5, 0.6) is 5.75 Å². The SMILES string of the molecule is CCNc1sc(C(=O)CC)c(N)c1OC(C)C. The topological polar surface area (TPSA) is 64.4 Å². The van der Waals surface area contributed by atoms with Crippen LogP contribution in [-0.2, 0) is 0 Å². The molecule has 0 aromatic carbocycles. The zero-order chi connectivity index (χ0) is 13.0. The number of hydrogen-bond donors (Lipinski definition) is 2. The number of ether oxygens (including phenoxy) is 1. The molecule has 5 heteroatoms. The maximum Gasteiger partial charge on any atom is 0.177 e. The summed E-state index contributed by atoms with van der Waals surface area (Å²) in [7, 11) is 0. The molecule has 0 aliphatic rings. The molecular weight excluding hydrogens is 236 g/mol. The highest BCUT2D eigenvalue weighted by Crippen LogP contribution is 2.43. The van der Waals surface area contributed by atoms with E-state index < -0.39 is 0 Å². The summed E-state index contributed by atoms with van der Waals surface area (Å²) in [4.78, 5) is 12.3. The normalized spacial score (nSPS) is 10.6. The number of anilines is 2. The van der Waals surface area contributed by atoms with Crippen LogP contribution in [0.2, 0.25) is 0 Å². The van der Waals surface area contributed by atoms with Gasteiger partial charge in [0.05, 0.1) is 16.7 Å². The predicted octanol–water partition coefficient (Wildman–Crippen LogP) is 3.14. The number of Topliss-reactive ketones (excluding diaryl/α,β-unsaturated/α-hetero) is 1. The van der Waals surface area contributed by atoms with Crippen LogP contribution in [0.1, 0.15) is 43.8 Å². The lowest BCUT2D eigenvalue weighted by atomic mass is 10.2. The van der Waals surface area contributed by atoms with Crippen molar-refractivity contribution in [2.45, 2.75) is 40.2 Å². The van der Waals surface area contributed by atoms with Crippen molar-refractivity contribution in [3.05, 3.63) is 4.88 Å². The first-order valence-electron chi connectivity index (χ1n) is 5.87. The molecule has 0 spiro atoms. The van der Waals surface area contributed by atoms with Gasteiger partial charge < -0.3 is 15.8 Å². The zero-order valence-electron chi connectivity index (χ0n) is 10.8. The Morgan fingerprint density at radius 3 is 2.59 bits per heavy atom. The van der Waals surface area contributed by atoms with E-state index in [0.717, 1.165) is 11.5 Å². The molecule has 0 saturated carbocycles. The molecule has 1 aromatic rings. The molecule has 0 saturated heterocycles. The van der Waals surface area contributed by atoms with Crippen LogP contribution in [0.4, 0.5) is 10.7 Å². The van der Waals surface area contributed by atoms with Gasteiger partial charge in [-0.05, 0) is 20.8 Å². The molecule has 96 valence electrons. The second kappa shape index (κ2) is 5.91. The third-order valence-corrected chi connectivity index (χ3v) is 3.35. The van der Waals surface area contributed by atoms with Crippen LogP contribution in [0.3, 0.4) is 0 Å². The first-order chi connectivity index (χ1) is 8.01. The summed E-state index contributed by atoms with van der Waals surface area (Å²) in [6.07, 6.45) is 0.492. The molecule has 0 unspecified atom stereocenters. The maximum atomic E-state index is 11.7. The lowest BCUT2D eigenvalue weighted by molar-refractivity contribution is 0.0992. The molecule has 4 nitrogen and oxygen atoms in total. The summed E-state index contributed by atoms with van der Waals surface area (Å²) in [6.45, 7) is 8.48. The van der Waals surface area contributed by atoms with Gasteiger partial charge in [-0.3, -0.25) is 4.79 Å². The van der Waals surface area contributed by atoms with E-state index in [-0.39, 0.29) is 11.9 Å². The molecular formula is C12H20N2O2S. The number of hydrogen-bond acceptors (Lipinski definition) is 5. The van der Waals surface area contributed by atoms with Crippen LogP contribution < -0.4 is 15.8 Å². The predicted molar refractivity (Wildman–Crippen MR) is 73.3 cm³/mol. The molecule has 3 N–H and O–H groups in total. The number of nitrogen functional groups attached to an aromatic ring is 1. The molecule has 17 heavy (non-hydrogen) atoms. The zero-order valence-corrected chi connectivity index (χ0v) is 11.6. The molecule has 1 aromatic heterocycles. The molecule has 0 fully saturated rings. The van der Waals surface area contributed by atoms with E-state index in [1.807, 2.05) is 27.7 Å². The summed E-state index contributed by atoms with van der Waals surface area (Å²) in [5, 5.41) is 4.03. The second-order valence-electron chi connectivity index (χ2n) is 3.98. The number of nitrogens with one attached hydrogen (secondary N) is 1. The van der Waals surface area contributed by atoms with E-state index in [2.05, 4.69) is 5.32 Å². The van der Waals surface area contributed by atoms with Crippen molar-refractivity contribution in [1.29, 1.82) is 0 Å². The van der Waals surface area contributed by atoms with Crippen molar-refractivity contribution < 1.29 is 9.53 Å². The van der Waals surface area contributed by atoms with Crippen molar-refractivity contribution in [2.75, 3.05) is 17.6 Å². The first kappa shape index (κ1) is 13.8. The van der Waals surface area contributed by atoms with Crippen LogP contribution >= 0.6 is 11.3 Å². The summed E-state index contributed by atoms with van der Waals surface area (Å²) < 4.78 is 5.67. The fraction of sp³-hybridized carbons (Fsp3) is 0.583. The van der Waals surface area contributed by atoms with Crippen molar-refractivity contribution >= 4 is 27.8 Å². The summed E-state index contributed by atoms with van der Waals surface area (Å²) in [5.41, 5.74) is 6.45. The van der Waals surface area contributed by atoms with Gasteiger partial charge >= 0.3 is 0 Å². The molecule has 0 aliphatic carbocycles. The van der Waals surface area contributed by atoms with Crippen LogP contribution in [-0.4, -0.2) is 18.4 Å². The van der Waals surface area contributed by atoms with Gasteiger partial charge in [-0.25, -0.2) is 0 Å². The van der Waals surface area contributed by atoms with Crippen LogP contribution in [0, 0.1) is 0 Å².